The van der Waals surface area contributed by atoms with E-state index >= 15 is 0 Å². The third kappa shape index (κ3) is 6.74. The van der Waals surface area contributed by atoms with Gasteiger partial charge in [0.15, 0.2) is 0 Å². The predicted octanol–water partition coefficient (Wildman–Crippen LogP) is 5.28. The van der Waals surface area contributed by atoms with Crippen LogP contribution in [0.15, 0.2) is 24.3 Å². The van der Waals surface area contributed by atoms with E-state index in [1.54, 1.807) is 17.8 Å². The van der Waals surface area contributed by atoms with Gasteiger partial charge in [0.2, 0.25) is 0 Å². The van der Waals surface area contributed by atoms with Crippen molar-refractivity contribution in [3.8, 4) is 0 Å². The number of nitrogens with one attached hydrogen (secondary N) is 1. The Morgan fingerprint density at radius 2 is 1.95 bits per heavy atom. The molecule has 0 radical (unpaired) electrons. The first kappa shape index (κ1) is 18.4. The van der Waals surface area contributed by atoms with Gasteiger partial charge in [-0.3, -0.25) is 0 Å². The fourth-order valence-corrected chi connectivity index (χ4v) is 3.18. The van der Waals surface area contributed by atoms with E-state index in [2.05, 4.69) is 19.2 Å². The molecule has 1 aromatic rings. The maximum atomic E-state index is 12.8. The highest BCUT2D eigenvalue weighted by molar-refractivity contribution is 7.99. The van der Waals surface area contributed by atoms with Crippen molar-refractivity contribution < 1.29 is 13.2 Å². The van der Waals surface area contributed by atoms with E-state index in [9.17, 15) is 13.2 Å². The number of unbranched alkanes of at least 4 members (excludes halogenated alkanes) is 1. The largest absolute Gasteiger partial charge is 0.416 e. The van der Waals surface area contributed by atoms with Gasteiger partial charge in [-0.05, 0) is 42.8 Å². The van der Waals surface area contributed by atoms with Gasteiger partial charge in [0, 0.05) is 11.8 Å². The van der Waals surface area contributed by atoms with Crippen molar-refractivity contribution in [1.82, 2.24) is 5.32 Å². The summed E-state index contributed by atoms with van der Waals surface area (Å²) in [6.45, 7) is 5.01. The quantitative estimate of drug-likeness (QED) is 0.622. The van der Waals surface area contributed by atoms with Gasteiger partial charge in [-0.15, -0.1) is 0 Å². The zero-order chi connectivity index (χ0) is 15.7. The van der Waals surface area contributed by atoms with E-state index in [1.165, 1.54) is 12.1 Å². The monoisotopic (exact) mass is 319 g/mol. The fraction of sp³-hybridized carbons (Fsp3) is 0.625. The van der Waals surface area contributed by atoms with Crippen LogP contribution in [0.1, 0.15) is 50.3 Å². The van der Waals surface area contributed by atoms with Gasteiger partial charge < -0.3 is 5.32 Å². The van der Waals surface area contributed by atoms with E-state index in [0.717, 1.165) is 48.9 Å². The van der Waals surface area contributed by atoms with Crippen LogP contribution >= 0.6 is 11.8 Å². The number of rotatable bonds is 9. The highest BCUT2D eigenvalue weighted by Gasteiger charge is 2.30. The molecule has 0 saturated heterocycles. The van der Waals surface area contributed by atoms with Gasteiger partial charge in [0.25, 0.3) is 0 Å². The summed E-state index contributed by atoms with van der Waals surface area (Å²) in [5.74, 6) is 1.86. The lowest BCUT2D eigenvalue weighted by molar-refractivity contribution is -0.137. The summed E-state index contributed by atoms with van der Waals surface area (Å²) < 4.78 is 38.4. The molecule has 0 fully saturated rings. The van der Waals surface area contributed by atoms with Crippen LogP contribution in [0.2, 0.25) is 0 Å². The van der Waals surface area contributed by atoms with Crippen molar-refractivity contribution in [3.05, 3.63) is 35.4 Å². The van der Waals surface area contributed by atoms with Gasteiger partial charge in [0.1, 0.15) is 0 Å². The number of alkyl halides is 3. The summed E-state index contributed by atoms with van der Waals surface area (Å²) >= 11 is 1.80. The minimum absolute atomic E-state index is 0.0193. The van der Waals surface area contributed by atoms with Crippen molar-refractivity contribution >= 4 is 11.8 Å². The number of halogens is 3. The molecule has 0 aromatic heterocycles. The second-order valence-electron chi connectivity index (χ2n) is 5.06. The summed E-state index contributed by atoms with van der Waals surface area (Å²) in [6.07, 6.45) is -1.02. The average Bonchev–Trinajstić information content (AvgIpc) is 2.46. The minimum Gasteiger partial charge on any atom is -0.309 e. The molecule has 0 bridgehead atoms. The molecule has 1 atom stereocenters. The Morgan fingerprint density at radius 1 is 1.19 bits per heavy atom. The van der Waals surface area contributed by atoms with Gasteiger partial charge >= 0.3 is 6.18 Å². The highest BCUT2D eigenvalue weighted by Crippen LogP contribution is 2.31. The molecule has 5 heteroatoms. The van der Waals surface area contributed by atoms with E-state index in [4.69, 9.17) is 0 Å². The Bertz CT molecular complexity index is 407. The van der Waals surface area contributed by atoms with Crippen LogP contribution in [0.5, 0.6) is 0 Å². The lowest BCUT2D eigenvalue weighted by Gasteiger charge is -2.20. The van der Waals surface area contributed by atoms with Gasteiger partial charge in [-0.1, -0.05) is 32.4 Å². The van der Waals surface area contributed by atoms with Crippen LogP contribution in [0, 0.1) is 0 Å². The fourth-order valence-electron chi connectivity index (χ4n) is 1.97. The molecule has 1 N–H and O–H groups in total. The second-order valence-corrected chi connectivity index (χ2v) is 6.21. The van der Waals surface area contributed by atoms with E-state index in [0.29, 0.717) is 0 Å². The molecule has 1 nitrogen and oxygen atoms in total. The molecule has 0 amide bonds. The normalized spacial score (nSPS) is 13.4. The topological polar surface area (TPSA) is 12.0 Å². The zero-order valence-electron chi connectivity index (χ0n) is 12.7. The number of hydrogen-bond donors (Lipinski definition) is 1. The Balaban J connectivity index is 2.76. The van der Waals surface area contributed by atoms with E-state index in [-0.39, 0.29) is 6.04 Å². The van der Waals surface area contributed by atoms with Crippen molar-refractivity contribution in [2.24, 2.45) is 0 Å². The molecule has 0 saturated carbocycles. The molecule has 1 aromatic carbocycles. The van der Waals surface area contributed by atoms with E-state index < -0.39 is 11.7 Å². The van der Waals surface area contributed by atoms with Crippen LogP contribution in [-0.4, -0.2) is 18.1 Å². The third-order valence-electron chi connectivity index (χ3n) is 3.18. The molecule has 0 spiro atoms. The smallest absolute Gasteiger partial charge is 0.309 e. The average molecular weight is 319 g/mol. The molecule has 0 aliphatic rings. The molecule has 21 heavy (non-hydrogen) atoms. The molecule has 1 rings (SSSR count). The molecule has 0 heterocycles. The van der Waals surface area contributed by atoms with Crippen molar-refractivity contribution in [2.45, 2.75) is 45.3 Å². The Morgan fingerprint density at radius 3 is 2.57 bits per heavy atom. The lowest BCUT2D eigenvalue weighted by atomic mass is 10.0. The van der Waals surface area contributed by atoms with Crippen LogP contribution in [0.3, 0.4) is 0 Å². The minimum atomic E-state index is -4.28. The van der Waals surface area contributed by atoms with Crippen LogP contribution in [0.25, 0.3) is 0 Å². The Labute approximate surface area is 129 Å². The second kappa shape index (κ2) is 9.36. The van der Waals surface area contributed by atoms with Gasteiger partial charge in [0.05, 0.1) is 5.56 Å². The molecule has 0 aliphatic heterocycles. The number of thioether (sulfide) groups is 1. The lowest BCUT2D eigenvalue weighted by Crippen LogP contribution is -2.24. The Hall–Kier alpha value is -0.680. The maximum Gasteiger partial charge on any atom is 0.416 e. The molecule has 120 valence electrons. The summed E-state index contributed by atoms with van der Waals surface area (Å²) in [5, 5.41) is 3.35. The van der Waals surface area contributed by atoms with Crippen LogP contribution in [-0.2, 0) is 6.18 Å². The maximum absolute atomic E-state index is 12.8. The zero-order valence-corrected chi connectivity index (χ0v) is 13.5. The summed E-state index contributed by atoms with van der Waals surface area (Å²) in [6, 6.07) is 5.66. The molecule has 1 unspecified atom stereocenters. The first-order chi connectivity index (χ1) is 9.99. The molecular weight excluding hydrogens is 295 g/mol. The molecular formula is C16H24F3NS. The van der Waals surface area contributed by atoms with Crippen molar-refractivity contribution in [3.63, 3.8) is 0 Å². The summed E-state index contributed by atoms with van der Waals surface area (Å²) in [5.41, 5.74) is 0.157. The van der Waals surface area contributed by atoms with Gasteiger partial charge in [-0.25, -0.2) is 0 Å². The first-order valence-electron chi connectivity index (χ1n) is 7.47. The number of hydrogen-bond acceptors (Lipinski definition) is 2. The molecule has 0 aliphatic carbocycles. The van der Waals surface area contributed by atoms with Crippen molar-refractivity contribution in [1.29, 1.82) is 0 Å². The standard InChI is InChI=1S/C16H24F3NS/c1-3-5-10-21-12-15(20-9-4-2)13-7-6-8-14(11-13)16(17,18)19/h6-8,11,15,20H,3-5,9-10,12H2,1-2H3. The van der Waals surface area contributed by atoms with Gasteiger partial charge in [-0.2, -0.15) is 24.9 Å². The summed E-state index contributed by atoms with van der Waals surface area (Å²) in [7, 11) is 0. The number of benzene rings is 1. The predicted molar refractivity (Wildman–Crippen MR) is 84.7 cm³/mol. The Kier molecular flexibility index (Phi) is 8.19. The summed E-state index contributed by atoms with van der Waals surface area (Å²) in [4.78, 5) is 0. The highest BCUT2D eigenvalue weighted by atomic mass is 32.2. The van der Waals surface area contributed by atoms with Crippen LogP contribution in [0.4, 0.5) is 13.2 Å². The van der Waals surface area contributed by atoms with Crippen molar-refractivity contribution in [2.75, 3.05) is 18.1 Å². The van der Waals surface area contributed by atoms with E-state index in [1.807, 2.05) is 0 Å². The third-order valence-corrected chi connectivity index (χ3v) is 4.33. The first-order valence-corrected chi connectivity index (χ1v) is 8.62. The SMILES string of the molecule is CCCCSCC(NCCC)c1cccc(C(F)(F)F)c1. The van der Waals surface area contributed by atoms with Crippen LogP contribution < -0.4 is 5.32 Å².